The molecule has 2 aromatic carbocycles. The van der Waals surface area contributed by atoms with Gasteiger partial charge in [-0.05, 0) is 24.3 Å². The lowest BCUT2D eigenvalue weighted by atomic mass is 10.3. The quantitative estimate of drug-likeness (QED) is 0.701. The van der Waals surface area contributed by atoms with Crippen LogP contribution in [0.5, 0.6) is 5.75 Å². The van der Waals surface area contributed by atoms with E-state index in [4.69, 9.17) is 32.4 Å². The Bertz CT molecular complexity index is 691. The summed E-state index contributed by atoms with van der Waals surface area (Å²) in [6, 6.07) is 12.8. The van der Waals surface area contributed by atoms with Gasteiger partial charge in [-0.25, -0.2) is 4.98 Å². The maximum atomic E-state index is 6.03. The monoisotopic (exact) mass is 293 g/mol. The van der Waals surface area contributed by atoms with Crippen LogP contribution in [0.25, 0.3) is 11.1 Å². The summed E-state index contributed by atoms with van der Waals surface area (Å²) in [5, 5.41) is 0.844. The van der Waals surface area contributed by atoms with Crippen molar-refractivity contribution in [2.24, 2.45) is 0 Å². The molecule has 19 heavy (non-hydrogen) atoms. The highest BCUT2D eigenvalue weighted by Gasteiger charge is 2.09. The number of aromatic nitrogens is 1. The predicted molar refractivity (Wildman–Crippen MR) is 74.8 cm³/mol. The Labute approximate surface area is 119 Å². The Kier molecular flexibility index (Phi) is 3.32. The molecule has 3 nitrogen and oxygen atoms in total. The normalized spacial score (nSPS) is 10.8. The molecule has 0 saturated carbocycles. The molecular weight excluding hydrogens is 285 g/mol. The molecule has 0 atom stereocenters. The van der Waals surface area contributed by atoms with Gasteiger partial charge in [0.1, 0.15) is 16.3 Å². The van der Waals surface area contributed by atoms with Gasteiger partial charge in [0.15, 0.2) is 12.2 Å². The van der Waals surface area contributed by atoms with E-state index < -0.39 is 0 Å². The van der Waals surface area contributed by atoms with E-state index in [0.717, 1.165) is 11.1 Å². The number of benzene rings is 2. The van der Waals surface area contributed by atoms with Crippen LogP contribution in [0, 0.1) is 0 Å². The van der Waals surface area contributed by atoms with Crippen molar-refractivity contribution in [1.82, 2.24) is 4.98 Å². The molecule has 0 aliphatic carbocycles. The first-order valence-corrected chi connectivity index (χ1v) is 6.41. The Morgan fingerprint density at radius 3 is 2.74 bits per heavy atom. The lowest BCUT2D eigenvalue weighted by Crippen LogP contribution is -1.96. The summed E-state index contributed by atoms with van der Waals surface area (Å²) in [6.45, 7) is 0.203. The van der Waals surface area contributed by atoms with Crippen molar-refractivity contribution in [3.63, 3.8) is 0 Å². The number of nitrogens with zero attached hydrogens (tertiary/aromatic N) is 1. The van der Waals surface area contributed by atoms with Gasteiger partial charge in [-0.1, -0.05) is 41.4 Å². The minimum Gasteiger partial charge on any atom is -0.482 e. The zero-order valence-corrected chi connectivity index (χ0v) is 11.3. The number of oxazole rings is 1. The fourth-order valence-corrected chi connectivity index (χ4v) is 2.06. The van der Waals surface area contributed by atoms with Crippen molar-refractivity contribution >= 4 is 34.3 Å². The second-order valence-electron chi connectivity index (χ2n) is 3.92. The Hall–Kier alpha value is -1.71. The van der Waals surface area contributed by atoms with Crippen LogP contribution in [0.2, 0.25) is 10.0 Å². The first-order valence-electron chi connectivity index (χ1n) is 5.65. The summed E-state index contributed by atoms with van der Waals surface area (Å²) >= 11 is 11.9. The minimum atomic E-state index is 0.203. The van der Waals surface area contributed by atoms with Crippen molar-refractivity contribution in [3.05, 3.63) is 58.4 Å². The second kappa shape index (κ2) is 5.11. The lowest BCUT2D eigenvalue weighted by Gasteiger charge is -2.06. The van der Waals surface area contributed by atoms with E-state index in [1.165, 1.54) is 0 Å². The van der Waals surface area contributed by atoms with Gasteiger partial charge < -0.3 is 9.15 Å². The number of rotatable bonds is 3. The highest BCUT2D eigenvalue weighted by Crippen LogP contribution is 2.32. The number of para-hydroxylation sites is 2. The Morgan fingerprint density at radius 1 is 1.05 bits per heavy atom. The molecule has 3 rings (SSSR count). The van der Waals surface area contributed by atoms with Gasteiger partial charge in [0.05, 0.1) is 5.02 Å². The summed E-state index contributed by atoms with van der Waals surface area (Å²) in [5.74, 6) is 1.01. The van der Waals surface area contributed by atoms with E-state index in [2.05, 4.69) is 4.98 Å². The Balaban J connectivity index is 1.80. The average molecular weight is 294 g/mol. The van der Waals surface area contributed by atoms with Crippen molar-refractivity contribution in [2.45, 2.75) is 6.61 Å². The van der Waals surface area contributed by atoms with Crippen LogP contribution in [0.4, 0.5) is 0 Å². The van der Waals surface area contributed by atoms with Crippen LogP contribution in [0.1, 0.15) is 5.89 Å². The fraction of sp³-hybridized carbons (Fsp3) is 0.0714. The van der Waals surface area contributed by atoms with Crippen LogP contribution >= 0.6 is 23.2 Å². The summed E-state index contributed by atoms with van der Waals surface area (Å²) in [7, 11) is 0. The van der Waals surface area contributed by atoms with E-state index in [0.29, 0.717) is 21.7 Å². The van der Waals surface area contributed by atoms with Crippen LogP contribution in [0.15, 0.2) is 46.9 Å². The van der Waals surface area contributed by atoms with Gasteiger partial charge in [0.25, 0.3) is 0 Å². The standard InChI is InChI=1S/C14H9Cl2NO2/c15-9-4-3-7-12(14(9)16)18-8-13-17-10-5-1-2-6-11(10)19-13/h1-7H,8H2. The molecule has 96 valence electrons. The molecule has 1 aromatic heterocycles. The zero-order chi connectivity index (χ0) is 13.2. The maximum absolute atomic E-state index is 6.03. The summed E-state index contributed by atoms with van der Waals surface area (Å²) in [6.07, 6.45) is 0. The van der Waals surface area contributed by atoms with E-state index in [-0.39, 0.29) is 6.61 Å². The van der Waals surface area contributed by atoms with Gasteiger partial charge in [0, 0.05) is 0 Å². The molecule has 0 amide bonds. The molecule has 0 N–H and O–H groups in total. The van der Waals surface area contributed by atoms with E-state index in [1.54, 1.807) is 18.2 Å². The molecule has 0 aliphatic rings. The molecule has 1 heterocycles. The molecule has 0 saturated heterocycles. The minimum absolute atomic E-state index is 0.203. The number of fused-ring (bicyclic) bond motifs is 1. The van der Waals surface area contributed by atoms with Gasteiger partial charge >= 0.3 is 0 Å². The van der Waals surface area contributed by atoms with Gasteiger partial charge in [-0.2, -0.15) is 0 Å². The van der Waals surface area contributed by atoms with Crippen LogP contribution in [-0.2, 0) is 6.61 Å². The SMILES string of the molecule is Clc1cccc(OCc2nc3ccccc3o2)c1Cl. The molecular formula is C14H9Cl2NO2. The van der Waals surface area contributed by atoms with E-state index >= 15 is 0 Å². The smallest absolute Gasteiger partial charge is 0.233 e. The second-order valence-corrected chi connectivity index (χ2v) is 4.70. The molecule has 0 spiro atoms. The molecule has 3 aromatic rings. The first-order chi connectivity index (χ1) is 9.24. The van der Waals surface area contributed by atoms with Gasteiger partial charge in [-0.15, -0.1) is 0 Å². The third-order valence-corrected chi connectivity index (χ3v) is 3.41. The highest BCUT2D eigenvalue weighted by atomic mass is 35.5. The van der Waals surface area contributed by atoms with E-state index in [9.17, 15) is 0 Å². The van der Waals surface area contributed by atoms with E-state index in [1.807, 2.05) is 24.3 Å². The lowest BCUT2D eigenvalue weighted by molar-refractivity contribution is 0.267. The van der Waals surface area contributed by atoms with Gasteiger partial charge in [0.2, 0.25) is 5.89 Å². The number of hydrogen-bond acceptors (Lipinski definition) is 3. The molecule has 0 radical (unpaired) electrons. The third-order valence-electron chi connectivity index (χ3n) is 2.61. The highest BCUT2D eigenvalue weighted by molar-refractivity contribution is 6.42. The van der Waals surface area contributed by atoms with Gasteiger partial charge in [-0.3, -0.25) is 0 Å². The predicted octanol–water partition coefficient (Wildman–Crippen LogP) is 4.71. The summed E-state index contributed by atoms with van der Waals surface area (Å²) in [5.41, 5.74) is 1.54. The van der Waals surface area contributed by atoms with Crippen molar-refractivity contribution in [1.29, 1.82) is 0 Å². The van der Waals surface area contributed by atoms with Crippen LogP contribution in [-0.4, -0.2) is 4.98 Å². The van der Waals surface area contributed by atoms with Crippen molar-refractivity contribution in [3.8, 4) is 5.75 Å². The number of halogens is 2. The molecule has 0 fully saturated rings. The van der Waals surface area contributed by atoms with Crippen molar-refractivity contribution < 1.29 is 9.15 Å². The third kappa shape index (κ3) is 2.53. The number of hydrogen-bond donors (Lipinski definition) is 0. The molecule has 0 unspecified atom stereocenters. The summed E-state index contributed by atoms with van der Waals surface area (Å²) < 4.78 is 11.1. The topological polar surface area (TPSA) is 35.3 Å². The first kappa shape index (κ1) is 12.3. The largest absolute Gasteiger partial charge is 0.482 e. The summed E-state index contributed by atoms with van der Waals surface area (Å²) in [4.78, 5) is 4.31. The molecule has 0 aliphatic heterocycles. The van der Waals surface area contributed by atoms with Crippen LogP contribution < -0.4 is 4.74 Å². The fourth-order valence-electron chi connectivity index (χ4n) is 1.72. The zero-order valence-electron chi connectivity index (χ0n) is 9.77. The number of ether oxygens (including phenoxy) is 1. The average Bonchev–Trinajstić information content (AvgIpc) is 2.83. The Morgan fingerprint density at radius 2 is 1.89 bits per heavy atom. The maximum Gasteiger partial charge on any atom is 0.233 e. The molecule has 5 heteroatoms. The molecule has 0 bridgehead atoms. The van der Waals surface area contributed by atoms with Crippen molar-refractivity contribution in [2.75, 3.05) is 0 Å². The van der Waals surface area contributed by atoms with Crippen LogP contribution in [0.3, 0.4) is 0 Å².